The molecule has 0 spiro atoms. The van der Waals surface area contributed by atoms with Gasteiger partial charge in [-0.05, 0) is 32.9 Å². The number of nitrogens with zero attached hydrogens (tertiary/aromatic N) is 2. The summed E-state index contributed by atoms with van der Waals surface area (Å²) in [5.74, 6) is -1.02. The van der Waals surface area contributed by atoms with Crippen LogP contribution in [0.15, 0.2) is 24.5 Å². The molecule has 1 aromatic heterocycles. The highest BCUT2D eigenvalue weighted by Crippen LogP contribution is 2.10. The smallest absolute Gasteiger partial charge is 0.308 e. The first-order chi connectivity index (χ1) is 12.6. The van der Waals surface area contributed by atoms with Crippen LogP contribution in [0.2, 0.25) is 0 Å². The lowest BCUT2D eigenvalue weighted by atomic mass is 10.1. The second-order valence-electron chi connectivity index (χ2n) is 6.41. The minimum Gasteiger partial charge on any atom is -0.460 e. The fourth-order valence-electron chi connectivity index (χ4n) is 1.92. The van der Waals surface area contributed by atoms with Crippen LogP contribution >= 0.6 is 12.2 Å². The van der Waals surface area contributed by atoms with E-state index < -0.39 is 28.6 Å². The van der Waals surface area contributed by atoms with Crippen molar-refractivity contribution in [3.8, 4) is 0 Å². The van der Waals surface area contributed by atoms with Gasteiger partial charge < -0.3 is 20.2 Å². The number of carbonyl (C=O) groups is 2. The molecule has 0 saturated heterocycles. The van der Waals surface area contributed by atoms with Gasteiger partial charge in [-0.15, -0.1) is 10.1 Å². The molecule has 11 heteroatoms. The molecule has 1 atom stereocenters. The summed E-state index contributed by atoms with van der Waals surface area (Å²) in [6, 6.07) is 2.30. The highest BCUT2D eigenvalue weighted by Gasteiger charge is 2.25. The number of esters is 1. The van der Waals surface area contributed by atoms with E-state index in [9.17, 15) is 19.7 Å². The maximum absolute atomic E-state index is 12.3. The topological polar surface area (TPSA) is 133 Å². The Morgan fingerprint density at radius 3 is 2.67 bits per heavy atom. The molecule has 0 aliphatic carbocycles. The van der Waals surface area contributed by atoms with Crippen molar-refractivity contribution < 1.29 is 24.3 Å². The molecule has 0 aromatic carbocycles. The van der Waals surface area contributed by atoms with Crippen LogP contribution in [0.5, 0.6) is 0 Å². The van der Waals surface area contributed by atoms with E-state index in [1.807, 2.05) is 0 Å². The predicted octanol–water partition coefficient (Wildman–Crippen LogP) is 1.04. The summed E-state index contributed by atoms with van der Waals surface area (Å²) >= 11 is 5.21. The summed E-state index contributed by atoms with van der Waals surface area (Å²) in [4.78, 5) is 42.8. The third-order valence-electron chi connectivity index (χ3n) is 2.93. The first-order valence-electron chi connectivity index (χ1n) is 8.06. The summed E-state index contributed by atoms with van der Waals surface area (Å²) < 4.78 is 5.26. The lowest BCUT2D eigenvalue weighted by Crippen LogP contribution is -2.48. The molecule has 0 saturated carbocycles. The van der Waals surface area contributed by atoms with Crippen LogP contribution in [0.3, 0.4) is 0 Å². The van der Waals surface area contributed by atoms with Crippen molar-refractivity contribution in [3.63, 3.8) is 0 Å². The van der Waals surface area contributed by atoms with Gasteiger partial charge in [-0.25, -0.2) is 0 Å². The van der Waals surface area contributed by atoms with Crippen molar-refractivity contribution in [1.29, 1.82) is 0 Å². The van der Waals surface area contributed by atoms with Crippen LogP contribution in [0.1, 0.15) is 37.6 Å². The highest BCUT2D eigenvalue weighted by molar-refractivity contribution is 7.80. The van der Waals surface area contributed by atoms with Gasteiger partial charge in [0.25, 0.3) is 11.0 Å². The molecule has 1 aromatic rings. The molecule has 2 N–H and O–H groups in total. The van der Waals surface area contributed by atoms with E-state index in [-0.39, 0.29) is 24.6 Å². The number of carbonyl (C=O) groups excluding carboxylic acids is 2. The minimum absolute atomic E-state index is 0.0351. The van der Waals surface area contributed by atoms with Gasteiger partial charge in [0.1, 0.15) is 12.2 Å². The predicted molar refractivity (Wildman–Crippen MR) is 99.5 cm³/mol. The molecule has 0 radical (unpaired) electrons. The van der Waals surface area contributed by atoms with E-state index in [0.717, 1.165) is 0 Å². The van der Waals surface area contributed by atoms with Crippen LogP contribution in [0.4, 0.5) is 0 Å². The van der Waals surface area contributed by atoms with E-state index in [1.165, 1.54) is 12.4 Å². The molecule has 0 aliphatic heterocycles. The molecule has 1 rings (SSSR count). The Labute approximate surface area is 161 Å². The Morgan fingerprint density at radius 2 is 2.11 bits per heavy atom. The average molecular weight is 398 g/mol. The van der Waals surface area contributed by atoms with Crippen molar-refractivity contribution in [1.82, 2.24) is 15.6 Å². The van der Waals surface area contributed by atoms with E-state index >= 15 is 0 Å². The summed E-state index contributed by atoms with van der Waals surface area (Å²) in [6.45, 7) is 4.97. The maximum Gasteiger partial charge on any atom is 0.308 e. The molecule has 1 heterocycles. The molecule has 27 heavy (non-hydrogen) atoms. The summed E-state index contributed by atoms with van der Waals surface area (Å²) in [5.41, 5.74) is -0.393. The monoisotopic (exact) mass is 398 g/mol. The molecule has 0 fully saturated rings. The molecule has 1 amide bonds. The zero-order chi connectivity index (χ0) is 20.4. The Kier molecular flexibility index (Phi) is 8.52. The van der Waals surface area contributed by atoms with Crippen LogP contribution in [0, 0.1) is 10.1 Å². The number of rotatable bonds is 9. The number of hydrogen-bond acceptors (Lipinski definition) is 8. The van der Waals surface area contributed by atoms with Gasteiger partial charge >= 0.3 is 5.97 Å². The average Bonchev–Trinajstić information content (AvgIpc) is 2.56. The van der Waals surface area contributed by atoms with Crippen molar-refractivity contribution in [2.45, 2.75) is 38.8 Å². The van der Waals surface area contributed by atoms with Gasteiger partial charge in [0.2, 0.25) is 0 Å². The normalized spacial score (nSPS) is 11.8. The highest BCUT2D eigenvalue weighted by atomic mass is 32.1. The molecule has 148 valence electrons. The van der Waals surface area contributed by atoms with E-state index in [1.54, 1.807) is 32.9 Å². The molecular formula is C16H22N4O6S. The summed E-state index contributed by atoms with van der Waals surface area (Å²) in [5, 5.41) is 14.6. The zero-order valence-electron chi connectivity index (χ0n) is 15.3. The third-order valence-corrected chi connectivity index (χ3v) is 3.36. The zero-order valence-corrected chi connectivity index (χ0v) is 16.1. The molecule has 10 nitrogen and oxygen atoms in total. The first-order valence-corrected chi connectivity index (χ1v) is 8.47. The molecular weight excluding hydrogens is 376 g/mol. The number of pyridine rings is 1. The largest absolute Gasteiger partial charge is 0.460 e. The Morgan fingerprint density at radius 1 is 1.41 bits per heavy atom. The molecule has 0 unspecified atom stereocenters. The Bertz CT molecular complexity index is 677. The quantitative estimate of drug-likeness (QED) is 0.206. The number of aromatic nitrogens is 1. The van der Waals surface area contributed by atoms with Gasteiger partial charge in [0.05, 0.1) is 23.0 Å². The van der Waals surface area contributed by atoms with E-state index in [2.05, 4.69) is 20.5 Å². The minimum atomic E-state index is -0.924. The van der Waals surface area contributed by atoms with Gasteiger partial charge in [0.15, 0.2) is 0 Å². The fourth-order valence-corrected chi connectivity index (χ4v) is 2.16. The summed E-state index contributed by atoms with van der Waals surface area (Å²) in [6.07, 6.45) is 2.70. The van der Waals surface area contributed by atoms with E-state index in [0.29, 0.717) is 5.56 Å². The maximum atomic E-state index is 12.3. The lowest BCUT2D eigenvalue weighted by Gasteiger charge is -2.24. The van der Waals surface area contributed by atoms with Crippen LogP contribution < -0.4 is 10.6 Å². The second-order valence-corrected chi connectivity index (χ2v) is 6.85. The fraction of sp³-hybridized carbons (Fsp3) is 0.500. The Hall–Kier alpha value is -2.82. The van der Waals surface area contributed by atoms with Crippen molar-refractivity contribution >= 4 is 29.1 Å². The lowest BCUT2D eigenvalue weighted by molar-refractivity contribution is -0.757. The first kappa shape index (κ1) is 22.2. The Balaban J connectivity index is 2.75. The van der Waals surface area contributed by atoms with Gasteiger partial charge in [0, 0.05) is 18.9 Å². The van der Waals surface area contributed by atoms with Crippen LogP contribution in [0.25, 0.3) is 0 Å². The standard InChI is InChI=1S/C16H22N4O6S/c1-16(2,3)26-13(21)9-12(15(27)18-7-8-25-20(23)24)19-14(22)11-5-4-6-17-10-11/h4-6,10,12H,7-9H2,1-3H3,(H,18,27)(H,19,22)/t12-/m1/s1. The number of nitrogens with one attached hydrogen (secondary N) is 2. The van der Waals surface area contributed by atoms with Gasteiger partial charge in [-0.3, -0.25) is 14.6 Å². The van der Waals surface area contributed by atoms with Gasteiger partial charge in [-0.1, -0.05) is 12.2 Å². The molecule has 0 bridgehead atoms. The number of hydrogen-bond donors (Lipinski definition) is 2. The number of amides is 1. The van der Waals surface area contributed by atoms with Crippen molar-refractivity contribution in [2.75, 3.05) is 13.2 Å². The van der Waals surface area contributed by atoms with Crippen LogP contribution in [-0.4, -0.2) is 51.7 Å². The van der Waals surface area contributed by atoms with Crippen molar-refractivity contribution in [2.24, 2.45) is 0 Å². The summed E-state index contributed by atoms with van der Waals surface area (Å²) in [7, 11) is 0. The van der Waals surface area contributed by atoms with Crippen molar-refractivity contribution in [3.05, 3.63) is 40.2 Å². The number of thiocarbonyl (C=S) groups is 1. The SMILES string of the molecule is CC(C)(C)OC(=O)C[C@@H](NC(=O)c1cccnc1)C(=S)NCCO[N+](=O)[O-]. The third kappa shape index (κ3) is 9.45. The molecule has 0 aliphatic rings. The van der Waals surface area contributed by atoms with Gasteiger partial charge in [-0.2, -0.15) is 0 Å². The number of ether oxygens (including phenoxy) is 1. The second kappa shape index (κ2) is 10.4. The van der Waals surface area contributed by atoms with Crippen LogP contribution in [-0.2, 0) is 14.4 Å². The van der Waals surface area contributed by atoms with E-state index in [4.69, 9.17) is 17.0 Å².